The maximum Gasteiger partial charge on any atom is 0.336 e. The van der Waals surface area contributed by atoms with Gasteiger partial charge in [0, 0.05) is 55.0 Å². The molecule has 0 bridgehead atoms. The van der Waals surface area contributed by atoms with E-state index in [0.717, 1.165) is 33.0 Å². The monoisotopic (exact) mass is 1180 g/mol. The number of hydrogen-bond donors (Lipinski definition) is 1. The van der Waals surface area contributed by atoms with Crippen LogP contribution in [0.3, 0.4) is 0 Å². The van der Waals surface area contributed by atoms with Crippen LogP contribution in [-0.2, 0) is 57.5 Å². The van der Waals surface area contributed by atoms with E-state index in [9.17, 15) is 33.3 Å². The molecule has 10 rings (SSSR count). The summed E-state index contributed by atoms with van der Waals surface area (Å²) in [6, 6.07) is 35.2. The predicted octanol–water partition coefficient (Wildman–Crippen LogP) is 7.50. The summed E-state index contributed by atoms with van der Waals surface area (Å²) < 4.78 is 68.8. The molecule has 0 radical (unpaired) electrons. The molecule has 0 amide bonds. The Morgan fingerprint density at radius 2 is 0.928 bits per heavy atom. The third-order valence-corrected chi connectivity index (χ3v) is 22.4. The molecular weight excluding hydrogens is 1120 g/mol. The van der Waals surface area contributed by atoms with Crippen LogP contribution in [0.1, 0.15) is 46.1 Å². The van der Waals surface area contributed by atoms with Crippen LogP contribution < -0.4 is 64.8 Å². The van der Waals surface area contributed by atoms with Gasteiger partial charge in [0.25, 0.3) is 22.1 Å². The zero-order valence-corrected chi connectivity index (χ0v) is 49.2. The molecule has 430 valence electrons. The van der Waals surface area contributed by atoms with Crippen molar-refractivity contribution in [3.63, 3.8) is 0 Å². The highest BCUT2D eigenvalue weighted by molar-refractivity contribution is 7.68. The molecule has 0 saturated heterocycles. The van der Waals surface area contributed by atoms with E-state index in [-0.39, 0.29) is 43.1 Å². The third-order valence-electron chi connectivity index (χ3n) is 15.2. The van der Waals surface area contributed by atoms with Gasteiger partial charge in [-0.05, 0) is 85.7 Å². The third kappa shape index (κ3) is 11.1. The Bertz CT molecular complexity index is 4390. The molecule has 5 aromatic carbocycles. The molecule has 5 heterocycles. The van der Waals surface area contributed by atoms with Gasteiger partial charge in [-0.2, -0.15) is 0 Å². The lowest BCUT2D eigenvalue weighted by atomic mass is 9.99. The minimum absolute atomic E-state index is 0.114. The van der Waals surface area contributed by atoms with Crippen LogP contribution in [0.2, 0.25) is 0 Å². The average molecular weight is 1180 g/mol. The first-order chi connectivity index (χ1) is 39.7. The second-order valence-electron chi connectivity index (χ2n) is 21.2. The zero-order chi connectivity index (χ0) is 59.0. The maximum absolute atomic E-state index is 15.1. The predicted molar refractivity (Wildman–Crippen MR) is 325 cm³/mol. The standard InChI is InChI=1S/C61H64N7O12P3/c1-6-9-21-42(4)40-67-57(71)63(55(69)64(58(67)72)34-38-82(76)53-30-18-13-25-47(53)44-22-10-15-27-50(44)79-82)33-32-61(5,62)41-68-59(73)65(35-37-81(75)52-29-17-12-24-46(52)43(20-7-2)49(8-3)78-81)56(70)66(60(68)74)36-39-83(77)54-31-19-14-26-48(54)45-23-11-16-28-51(45)80-83/h7-31,42H,3,6,32-41,62H2,1-2,4-5H3/b20-7-,21-9?. The van der Waals surface area contributed by atoms with E-state index < -0.39 is 94.5 Å². The van der Waals surface area contributed by atoms with Crippen LogP contribution in [-0.4, -0.2) is 51.4 Å². The van der Waals surface area contributed by atoms with Gasteiger partial charge in [-0.1, -0.05) is 136 Å². The highest BCUT2D eigenvalue weighted by atomic mass is 31.2. The van der Waals surface area contributed by atoms with E-state index in [2.05, 4.69) is 6.58 Å². The summed E-state index contributed by atoms with van der Waals surface area (Å²) in [6.07, 6.45) is 8.18. The number of aromatic nitrogens is 6. The fourth-order valence-corrected chi connectivity index (χ4v) is 17.7. The van der Waals surface area contributed by atoms with Crippen LogP contribution >= 0.6 is 22.1 Å². The number of allylic oxidation sites excluding steroid dienone is 6. The molecule has 2 aromatic heterocycles. The van der Waals surface area contributed by atoms with Crippen LogP contribution in [0.4, 0.5) is 0 Å². The number of para-hydroxylation sites is 2. The van der Waals surface area contributed by atoms with Crippen molar-refractivity contribution in [2.75, 3.05) is 18.5 Å². The Hall–Kier alpha value is -8.07. The fraction of sp³-hybridized carbons (Fsp3) is 0.279. The molecule has 0 aliphatic carbocycles. The Morgan fingerprint density at radius 3 is 1.39 bits per heavy atom. The maximum atomic E-state index is 15.1. The average Bonchev–Trinajstić information content (AvgIpc) is 3.65. The smallest absolute Gasteiger partial charge is 0.336 e. The summed E-state index contributed by atoms with van der Waals surface area (Å²) in [5.41, 5.74) is 3.28. The van der Waals surface area contributed by atoms with Crippen molar-refractivity contribution in [1.29, 1.82) is 0 Å². The summed E-state index contributed by atoms with van der Waals surface area (Å²) in [6.45, 7) is 8.41. The van der Waals surface area contributed by atoms with Gasteiger partial charge in [0.1, 0.15) is 17.3 Å². The topological polar surface area (TPSA) is 237 Å². The van der Waals surface area contributed by atoms with Gasteiger partial charge in [0.05, 0.1) is 40.9 Å². The number of fused-ring (bicyclic) bond motifs is 7. The summed E-state index contributed by atoms with van der Waals surface area (Å²) >= 11 is 0. The molecule has 83 heavy (non-hydrogen) atoms. The van der Waals surface area contributed by atoms with Crippen molar-refractivity contribution in [1.82, 2.24) is 27.4 Å². The van der Waals surface area contributed by atoms with Gasteiger partial charge in [-0.15, -0.1) is 0 Å². The molecule has 0 spiro atoms. The lowest BCUT2D eigenvalue weighted by Crippen LogP contribution is -2.59. The molecule has 0 fully saturated rings. The molecule has 3 aliphatic rings. The normalized spacial score (nSPS) is 19.8. The van der Waals surface area contributed by atoms with Crippen molar-refractivity contribution in [2.24, 2.45) is 11.7 Å². The summed E-state index contributed by atoms with van der Waals surface area (Å²) in [5, 5.41) is 1.15. The number of rotatable bonds is 20. The molecule has 0 saturated carbocycles. The van der Waals surface area contributed by atoms with Crippen molar-refractivity contribution in [3.05, 3.63) is 233 Å². The summed E-state index contributed by atoms with van der Waals surface area (Å²) in [5.74, 6) is 0.623. The molecule has 19 nitrogen and oxygen atoms in total. The minimum Gasteiger partial charge on any atom is -0.439 e. The SMILES string of the molecule is C=CC1=C(/C=C\C)c2ccccc2P(=O)(CCn2c(=O)n(CCP3(=O)Oc4ccccc4-c4ccccc43)c(=O)n(CC(C)(N)CCn3c(=O)n(CCP4(=O)Oc5ccccc5-c5ccccc54)c(=O)n(CC(C)C=CCC)c3=O)c2=O)O1. The summed E-state index contributed by atoms with van der Waals surface area (Å²) in [4.78, 5) is 88.0. The van der Waals surface area contributed by atoms with Crippen molar-refractivity contribution < 1.29 is 27.3 Å². The first kappa shape index (κ1) is 58.1. The second-order valence-corrected chi connectivity index (χ2v) is 28.6. The first-order valence-corrected chi connectivity index (χ1v) is 32.9. The Labute approximate surface area is 477 Å². The first-order valence-electron chi connectivity index (χ1n) is 27.4. The largest absolute Gasteiger partial charge is 0.439 e. The van der Waals surface area contributed by atoms with Gasteiger partial charge in [0.2, 0.25) is 0 Å². The van der Waals surface area contributed by atoms with E-state index in [1.165, 1.54) is 13.0 Å². The van der Waals surface area contributed by atoms with E-state index in [1.54, 1.807) is 91.0 Å². The van der Waals surface area contributed by atoms with Crippen LogP contribution in [0.5, 0.6) is 11.5 Å². The highest BCUT2D eigenvalue weighted by Crippen LogP contribution is 2.56. The number of benzene rings is 5. The van der Waals surface area contributed by atoms with Crippen molar-refractivity contribution >= 4 is 43.6 Å². The van der Waals surface area contributed by atoms with Gasteiger partial charge >= 0.3 is 34.1 Å². The molecule has 22 heteroatoms. The van der Waals surface area contributed by atoms with Crippen molar-refractivity contribution in [3.8, 4) is 33.8 Å². The molecule has 7 aromatic rings. The van der Waals surface area contributed by atoms with Gasteiger partial charge < -0.3 is 19.3 Å². The minimum atomic E-state index is -3.93. The highest BCUT2D eigenvalue weighted by Gasteiger charge is 2.40. The van der Waals surface area contributed by atoms with Gasteiger partial charge in [-0.3, -0.25) is 13.7 Å². The molecule has 5 unspecified atom stereocenters. The van der Waals surface area contributed by atoms with Gasteiger partial charge in [0.15, 0.2) is 0 Å². The van der Waals surface area contributed by atoms with Crippen LogP contribution in [0, 0.1) is 5.92 Å². The van der Waals surface area contributed by atoms with E-state index >= 15 is 9.13 Å². The lowest BCUT2D eigenvalue weighted by Gasteiger charge is -2.30. The Kier molecular flexibility index (Phi) is 16.3. The molecule has 5 atom stereocenters. The fourth-order valence-electron chi connectivity index (χ4n) is 11.0. The number of nitrogens with two attached hydrogens (primary N) is 1. The van der Waals surface area contributed by atoms with Crippen LogP contribution in [0.15, 0.2) is 193 Å². The number of hydrogen-bond acceptors (Lipinski definition) is 13. The number of nitrogens with zero attached hydrogens (tertiary/aromatic N) is 6. The molecule has 2 N–H and O–H groups in total. The lowest BCUT2D eigenvalue weighted by molar-refractivity contribution is 0.308. The molecular formula is C61H64N7O12P3. The Morgan fingerprint density at radius 1 is 0.542 bits per heavy atom. The Balaban J connectivity index is 1.01. The quantitative estimate of drug-likeness (QED) is 0.0576. The second kappa shape index (κ2) is 23.3. The van der Waals surface area contributed by atoms with Gasteiger partial charge in [-0.25, -0.2) is 56.2 Å². The van der Waals surface area contributed by atoms with E-state index in [4.69, 9.17) is 19.3 Å². The van der Waals surface area contributed by atoms with Crippen molar-refractivity contribution in [2.45, 2.75) is 85.3 Å². The zero-order valence-electron chi connectivity index (χ0n) is 46.5. The van der Waals surface area contributed by atoms with E-state index in [0.29, 0.717) is 61.7 Å². The van der Waals surface area contributed by atoms with Crippen LogP contribution in [0.25, 0.3) is 27.8 Å². The summed E-state index contributed by atoms with van der Waals surface area (Å²) in [7, 11) is -11.6. The van der Waals surface area contributed by atoms with E-state index in [1.807, 2.05) is 75.4 Å². The molecule has 3 aliphatic heterocycles.